The maximum atomic E-state index is 10.9. The first kappa shape index (κ1) is 8.98. The molecule has 13 heavy (non-hydrogen) atoms. The summed E-state index contributed by atoms with van der Waals surface area (Å²) >= 11 is 0. The number of aromatic nitrogens is 1. The molecule has 0 spiro atoms. The van der Waals surface area contributed by atoms with Gasteiger partial charge in [0.2, 0.25) is 0 Å². The van der Waals surface area contributed by atoms with Crippen LogP contribution >= 0.6 is 0 Å². The number of pyridine rings is 1. The SMILES string of the molecule is O=C(O)c1cc[nH]c(=O)c1C(=O)O. The second-order valence-electron chi connectivity index (χ2n) is 2.21. The van der Waals surface area contributed by atoms with Gasteiger partial charge < -0.3 is 15.2 Å². The Morgan fingerprint density at radius 3 is 2.23 bits per heavy atom. The standard InChI is InChI=1S/C7H5NO5/c9-5-4(7(12)13)3(6(10)11)1-2-8-5/h1-2H,(H,8,9)(H,10,11)(H,12,13). The number of hydrogen-bond donors (Lipinski definition) is 3. The molecule has 68 valence electrons. The molecule has 1 aromatic heterocycles. The molecule has 0 atom stereocenters. The van der Waals surface area contributed by atoms with Crippen molar-refractivity contribution in [1.82, 2.24) is 4.98 Å². The molecule has 0 amide bonds. The molecule has 1 rings (SSSR count). The molecule has 0 aliphatic rings. The highest BCUT2D eigenvalue weighted by atomic mass is 16.4. The van der Waals surface area contributed by atoms with Crippen LogP contribution in [-0.2, 0) is 0 Å². The van der Waals surface area contributed by atoms with Gasteiger partial charge in [-0.05, 0) is 6.07 Å². The van der Waals surface area contributed by atoms with Crippen LogP contribution in [0.2, 0.25) is 0 Å². The molecule has 6 nitrogen and oxygen atoms in total. The van der Waals surface area contributed by atoms with Crippen molar-refractivity contribution in [2.45, 2.75) is 0 Å². The fourth-order valence-corrected chi connectivity index (χ4v) is 0.869. The Kier molecular flexibility index (Phi) is 2.14. The lowest BCUT2D eigenvalue weighted by Gasteiger charge is -1.97. The highest BCUT2D eigenvalue weighted by molar-refractivity contribution is 6.01. The fraction of sp³-hybridized carbons (Fsp3) is 0. The van der Waals surface area contributed by atoms with Crippen LogP contribution < -0.4 is 5.56 Å². The molecule has 0 unspecified atom stereocenters. The number of nitrogens with one attached hydrogen (secondary N) is 1. The van der Waals surface area contributed by atoms with E-state index in [1.54, 1.807) is 0 Å². The smallest absolute Gasteiger partial charge is 0.342 e. The van der Waals surface area contributed by atoms with Crippen molar-refractivity contribution in [1.29, 1.82) is 0 Å². The number of carbonyl (C=O) groups is 2. The van der Waals surface area contributed by atoms with E-state index in [0.29, 0.717) is 0 Å². The second-order valence-corrected chi connectivity index (χ2v) is 2.21. The molecule has 1 aromatic rings. The van der Waals surface area contributed by atoms with E-state index in [4.69, 9.17) is 10.2 Å². The number of carboxylic acids is 2. The summed E-state index contributed by atoms with van der Waals surface area (Å²) in [5.41, 5.74) is -2.20. The van der Waals surface area contributed by atoms with E-state index in [-0.39, 0.29) is 0 Å². The summed E-state index contributed by atoms with van der Waals surface area (Å²) in [6.45, 7) is 0. The molecule has 1 heterocycles. The summed E-state index contributed by atoms with van der Waals surface area (Å²) in [4.78, 5) is 33.9. The van der Waals surface area contributed by atoms with E-state index < -0.39 is 28.6 Å². The lowest BCUT2D eigenvalue weighted by atomic mass is 10.1. The zero-order chi connectivity index (χ0) is 10.0. The van der Waals surface area contributed by atoms with E-state index in [1.807, 2.05) is 0 Å². The molecular weight excluding hydrogens is 178 g/mol. The molecule has 6 heteroatoms. The molecule has 0 aliphatic carbocycles. The molecule has 0 saturated heterocycles. The lowest BCUT2D eigenvalue weighted by molar-refractivity contribution is 0.0649. The molecular formula is C7H5NO5. The van der Waals surface area contributed by atoms with Gasteiger partial charge in [-0.25, -0.2) is 9.59 Å². The van der Waals surface area contributed by atoms with E-state index in [0.717, 1.165) is 12.3 Å². The Labute approximate surface area is 71.5 Å². The quantitative estimate of drug-likeness (QED) is 0.587. The number of aromatic carboxylic acids is 2. The van der Waals surface area contributed by atoms with E-state index in [1.165, 1.54) is 0 Å². The van der Waals surface area contributed by atoms with Crippen molar-refractivity contribution in [3.05, 3.63) is 33.7 Å². The highest BCUT2D eigenvalue weighted by Gasteiger charge is 2.18. The Hall–Kier alpha value is -2.11. The summed E-state index contributed by atoms with van der Waals surface area (Å²) in [5, 5.41) is 17.0. The topological polar surface area (TPSA) is 107 Å². The molecule has 3 N–H and O–H groups in total. The largest absolute Gasteiger partial charge is 0.478 e. The molecule has 0 aromatic carbocycles. The summed E-state index contributed by atoms with van der Waals surface area (Å²) in [5.74, 6) is -3.00. The predicted molar refractivity (Wildman–Crippen MR) is 41.0 cm³/mol. The Morgan fingerprint density at radius 2 is 1.85 bits per heavy atom. The van der Waals surface area contributed by atoms with Gasteiger partial charge in [-0.3, -0.25) is 4.79 Å². The average molecular weight is 183 g/mol. The van der Waals surface area contributed by atoms with Crippen molar-refractivity contribution >= 4 is 11.9 Å². The van der Waals surface area contributed by atoms with Crippen LogP contribution in [-0.4, -0.2) is 27.1 Å². The van der Waals surface area contributed by atoms with Crippen LogP contribution in [0.1, 0.15) is 20.7 Å². The third-order valence-electron chi connectivity index (χ3n) is 1.41. The van der Waals surface area contributed by atoms with Gasteiger partial charge in [0.15, 0.2) is 0 Å². The van der Waals surface area contributed by atoms with Crippen molar-refractivity contribution in [2.24, 2.45) is 0 Å². The number of aromatic amines is 1. The van der Waals surface area contributed by atoms with Gasteiger partial charge in [0.25, 0.3) is 5.56 Å². The van der Waals surface area contributed by atoms with Crippen molar-refractivity contribution < 1.29 is 19.8 Å². The van der Waals surface area contributed by atoms with Gasteiger partial charge in [0.1, 0.15) is 5.56 Å². The normalized spacial score (nSPS) is 9.54. The van der Waals surface area contributed by atoms with Crippen LogP contribution in [0.3, 0.4) is 0 Å². The van der Waals surface area contributed by atoms with Crippen LogP contribution in [0, 0.1) is 0 Å². The summed E-state index contributed by atoms with van der Waals surface area (Å²) in [7, 11) is 0. The first-order chi connectivity index (χ1) is 6.04. The van der Waals surface area contributed by atoms with Crippen LogP contribution in [0.4, 0.5) is 0 Å². The van der Waals surface area contributed by atoms with Gasteiger partial charge in [-0.2, -0.15) is 0 Å². The number of rotatable bonds is 2. The van der Waals surface area contributed by atoms with Crippen LogP contribution in [0.5, 0.6) is 0 Å². The third-order valence-corrected chi connectivity index (χ3v) is 1.41. The minimum absolute atomic E-state index is 0.517. The Bertz CT molecular complexity index is 419. The lowest BCUT2D eigenvalue weighted by Crippen LogP contribution is -2.21. The van der Waals surface area contributed by atoms with Crippen molar-refractivity contribution in [3.8, 4) is 0 Å². The fourth-order valence-electron chi connectivity index (χ4n) is 0.869. The van der Waals surface area contributed by atoms with Crippen LogP contribution in [0.25, 0.3) is 0 Å². The van der Waals surface area contributed by atoms with E-state index in [9.17, 15) is 14.4 Å². The van der Waals surface area contributed by atoms with Gasteiger partial charge >= 0.3 is 11.9 Å². The maximum absolute atomic E-state index is 10.9. The Morgan fingerprint density at radius 1 is 1.23 bits per heavy atom. The number of carboxylic acid groups (broad SMARTS) is 2. The molecule has 0 bridgehead atoms. The summed E-state index contributed by atoms with van der Waals surface area (Å²) in [6, 6.07) is 1.02. The zero-order valence-electron chi connectivity index (χ0n) is 6.27. The number of H-pyrrole nitrogens is 1. The zero-order valence-corrected chi connectivity index (χ0v) is 6.27. The first-order valence-corrected chi connectivity index (χ1v) is 3.22. The van der Waals surface area contributed by atoms with E-state index >= 15 is 0 Å². The van der Waals surface area contributed by atoms with E-state index in [2.05, 4.69) is 4.98 Å². The molecule has 0 fully saturated rings. The second kappa shape index (κ2) is 3.10. The number of hydrogen-bond acceptors (Lipinski definition) is 3. The predicted octanol–water partition coefficient (Wildman–Crippen LogP) is -0.229. The average Bonchev–Trinajstić information content (AvgIpc) is 2.02. The molecule has 0 saturated carbocycles. The third kappa shape index (κ3) is 1.56. The monoisotopic (exact) mass is 183 g/mol. The van der Waals surface area contributed by atoms with Gasteiger partial charge in [-0.1, -0.05) is 0 Å². The van der Waals surface area contributed by atoms with Crippen LogP contribution in [0.15, 0.2) is 17.1 Å². The maximum Gasteiger partial charge on any atom is 0.342 e. The van der Waals surface area contributed by atoms with Crippen molar-refractivity contribution in [3.63, 3.8) is 0 Å². The summed E-state index contributed by atoms with van der Waals surface area (Å²) in [6.07, 6.45) is 1.08. The minimum atomic E-state index is -1.56. The Balaban J connectivity index is 3.52. The molecule has 0 radical (unpaired) electrons. The minimum Gasteiger partial charge on any atom is -0.478 e. The van der Waals surface area contributed by atoms with Gasteiger partial charge in [0.05, 0.1) is 5.56 Å². The highest BCUT2D eigenvalue weighted by Crippen LogP contribution is 2.01. The summed E-state index contributed by atoms with van der Waals surface area (Å²) < 4.78 is 0. The van der Waals surface area contributed by atoms with Gasteiger partial charge in [0, 0.05) is 6.20 Å². The van der Waals surface area contributed by atoms with Gasteiger partial charge in [-0.15, -0.1) is 0 Å². The van der Waals surface area contributed by atoms with Crippen molar-refractivity contribution in [2.75, 3.05) is 0 Å². The first-order valence-electron chi connectivity index (χ1n) is 3.22. The molecule has 0 aliphatic heterocycles.